The molecule has 7 nitrogen and oxygen atoms in total. The molecule has 35 heavy (non-hydrogen) atoms. The van der Waals surface area contributed by atoms with Gasteiger partial charge < -0.3 is 27.5 Å². The van der Waals surface area contributed by atoms with Crippen molar-refractivity contribution in [3.05, 3.63) is 64.8 Å². The van der Waals surface area contributed by atoms with Gasteiger partial charge in [-0.3, -0.25) is 9.79 Å². The molecule has 186 valence electrons. The first kappa shape index (κ1) is 24.6. The average molecular weight is 487 g/mol. The van der Waals surface area contributed by atoms with Gasteiger partial charge in [0.25, 0.3) is 5.91 Å². The Kier molecular flexibility index (Phi) is 6.75. The minimum atomic E-state index is -4.40. The van der Waals surface area contributed by atoms with Crippen LogP contribution in [-0.4, -0.2) is 28.4 Å². The molecule has 0 spiro atoms. The maximum atomic E-state index is 12.9. The molecule has 1 aromatic heterocycles. The molecule has 2 aromatic carbocycles. The summed E-state index contributed by atoms with van der Waals surface area (Å²) in [5, 5.41) is 0.645. The van der Waals surface area contributed by atoms with Crippen LogP contribution in [0.2, 0.25) is 0 Å². The van der Waals surface area contributed by atoms with Crippen LogP contribution in [0.1, 0.15) is 52.9 Å². The molecule has 3 aromatic rings. The van der Waals surface area contributed by atoms with E-state index in [1.54, 1.807) is 16.7 Å². The van der Waals surface area contributed by atoms with Gasteiger partial charge in [0.05, 0.1) is 22.8 Å². The second-order valence-electron chi connectivity index (χ2n) is 9.04. The van der Waals surface area contributed by atoms with Crippen molar-refractivity contribution < 1.29 is 18.0 Å². The monoisotopic (exact) mass is 486 g/mol. The third-order valence-corrected chi connectivity index (χ3v) is 6.60. The smallest absolute Gasteiger partial charge is 0.396 e. The Hall–Kier alpha value is -3.53. The zero-order valence-corrected chi connectivity index (χ0v) is 19.2. The van der Waals surface area contributed by atoms with Crippen molar-refractivity contribution in [1.82, 2.24) is 4.57 Å². The van der Waals surface area contributed by atoms with E-state index in [1.807, 2.05) is 6.07 Å². The number of carbonyl (C=O) groups excluding carboxylic acids is 1. The molecule has 0 bridgehead atoms. The largest absolute Gasteiger partial charge is 0.416 e. The number of nitrogens with two attached hydrogens (primary N) is 4. The first-order valence-electron chi connectivity index (χ1n) is 11.5. The third-order valence-electron chi connectivity index (χ3n) is 6.60. The number of rotatable bonds is 6. The van der Waals surface area contributed by atoms with Gasteiger partial charge in [-0.25, -0.2) is 0 Å². The van der Waals surface area contributed by atoms with Gasteiger partial charge in [0.2, 0.25) is 0 Å². The molecule has 1 amide bonds. The van der Waals surface area contributed by atoms with Crippen LogP contribution in [0.4, 0.5) is 18.9 Å². The first-order chi connectivity index (χ1) is 16.5. The lowest BCUT2D eigenvalue weighted by Gasteiger charge is -2.23. The van der Waals surface area contributed by atoms with E-state index in [-0.39, 0.29) is 23.5 Å². The molecular formula is C25H29F3N6O. The number of amidine groups is 1. The molecule has 1 aliphatic rings. The van der Waals surface area contributed by atoms with Crippen LogP contribution in [0, 0.1) is 0 Å². The highest BCUT2D eigenvalue weighted by molar-refractivity contribution is 6.09. The predicted octanol–water partition coefficient (Wildman–Crippen LogP) is 3.56. The number of fused-ring (bicyclic) bond motifs is 1. The number of anilines is 1. The van der Waals surface area contributed by atoms with Gasteiger partial charge in [-0.15, -0.1) is 0 Å². The molecule has 1 aliphatic carbocycles. The van der Waals surface area contributed by atoms with Crippen molar-refractivity contribution in [2.75, 3.05) is 5.73 Å². The number of hydrogen-bond acceptors (Lipinski definition) is 4. The van der Waals surface area contributed by atoms with Crippen molar-refractivity contribution in [1.29, 1.82) is 0 Å². The normalized spacial score (nSPS) is 19.3. The molecule has 0 unspecified atom stereocenters. The van der Waals surface area contributed by atoms with E-state index in [0.29, 0.717) is 40.8 Å². The van der Waals surface area contributed by atoms with Crippen LogP contribution in [-0.2, 0) is 19.1 Å². The van der Waals surface area contributed by atoms with Gasteiger partial charge in [0.1, 0.15) is 11.5 Å². The Bertz CT molecular complexity index is 1250. The highest BCUT2D eigenvalue weighted by Crippen LogP contribution is 2.31. The number of aromatic nitrogens is 1. The Labute approximate surface area is 201 Å². The van der Waals surface area contributed by atoms with Crippen molar-refractivity contribution >= 4 is 28.3 Å². The Balaban J connectivity index is 1.65. The van der Waals surface area contributed by atoms with Crippen LogP contribution in [0.15, 0.2) is 47.5 Å². The lowest BCUT2D eigenvalue weighted by molar-refractivity contribution is -0.137. The summed E-state index contributed by atoms with van der Waals surface area (Å²) in [5.74, 6) is -0.296. The standard InChI is InChI=1S/C25H29F3N6O/c26-25(27,28)16-4-1-14(2-5-16)11-12-34-20-13-15(3-10-19(20)21(30)22(34)24(32)35)23(31)33-18-8-6-17(29)7-9-18/h1-5,10,13,17-18H,6-9,11-12,29-30H2,(H2,31,33)(H2,32,35). The molecule has 0 radical (unpaired) electrons. The van der Waals surface area contributed by atoms with E-state index in [2.05, 4.69) is 4.99 Å². The molecule has 4 rings (SSSR count). The van der Waals surface area contributed by atoms with E-state index in [4.69, 9.17) is 22.9 Å². The highest BCUT2D eigenvalue weighted by Gasteiger charge is 2.30. The zero-order chi connectivity index (χ0) is 25.3. The van der Waals surface area contributed by atoms with Crippen LogP contribution >= 0.6 is 0 Å². The molecular weight excluding hydrogens is 457 g/mol. The summed E-state index contributed by atoms with van der Waals surface area (Å²) >= 11 is 0. The Morgan fingerprint density at radius 2 is 1.69 bits per heavy atom. The SMILES string of the molecule is NC(=O)c1c(N)c2ccc(C(N)=NC3CCC(N)CC3)cc2n1CCc1ccc(C(F)(F)F)cc1. The fourth-order valence-electron chi connectivity index (χ4n) is 4.64. The number of amides is 1. The van der Waals surface area contributed by atoms with Gasteiger partial charge in [-0.2, -0.15) is 13.2 Å². The van der Waals surface area contributed by atoms with E-state index in [1.165, 1.54) is 12.1 Å². The lowest BCUT2D eigenvalue weighted by atomic mass is 9.92. The summed E-state index contributed by atoms with van der Waals surface area (Å²) in [5.41, 5.74) is 25.9. The van der Waals surface area contributed by atoms with Crippen molar-refractivity contribution in [2.45, 2.75) is 56.9 Å². The number of nitrogens with zero attached hydrogens (tertiary/aromatic N) is 2. The van der Waals surface area contributed by atoms with Gasteiger partial charge in [0, 0.05) is 23.5 Å². The fourth-order valence-corrected chi connectivity index (χ4v) is 4.64. The summed E-state index contributed by atoms with van der Waals surface area (Å²) in [6.07, 6.45) is -0.446. The number of carbonyl (C=O) groups is 1. The van der Waals surface area contributed by atoms with Crippen molar-refractivity contribution in [2.24, 2.45) is 22.2 Å². The third kappa shape index (κ3) is 5.27. The number of aryl methyl sites for hydroxylation is 2. The topological polar surface area (TPSA) is 138 Å². The lowest BCUT2D eigenvalue weighted by Crippen LogP contribution is -2.29. The molecule has 8 N–H and O–H groups in total. The molecule has 1 heterocycles. The fraction of sp³-hybridized carbons (Fsp3) is 0.360. The number of halogens is 3. The van der Waals surface area contributed by atoms with Gasteiger partial charge in [-0.05, 0) is 61.9 Å². The highest BCUT2D eigenvalue weighted by atomic mass is 19.4. The summed E-state index contributed by atoms with van der Waals surface area (Å²) < 4.78 is 40.3. The van der Waals surface area contributed by atoms with E-state index >= 15 is 0 Å². The summed E-state index contributed by atoms with van der Waals surface area (Å²) in [4.78, 5) is 16.9. The molecule has 1 fully saturated rings. The van der Waals surface area contributed by atoms with Crippen LogP contribution in [0.5, 0.6) is 0 Å². The summed E-state index contributed by atoms with van der Waals surface area (Å²) in [7, 11) is 0. The summed E-state index contributed by atoms with van der Waals surface area (Å²) in [6.45, 7) is 0.290. The molecule has 10 heteroatoms. The molecule has 0 saturated heterocycles. The van der Waals surface area contributed by atoms with Gasteiger partial charge in [0.15, 0.2) is 0 Å². The van der Waals surface area contributed by atoms with E-state index < -0.39 is 17.6 Å². The van der Waals surface area contributed by atoms with Crippen molar-refractivity contribution in [3.63, 3.8) is 0 Å². The Morgan fingerprint density at radius 1 is 1.03 bits per heavy atom. The number of benzene rings is 2. The summed E-state index contributed by atoms with van der Waals surface area (Å²) in [6, 6.07) is 10.7. The molecule has 1 saturated carbocycles. The van der Waals surface area contributed by atoms with Gasteiger partial charge in [-0.1, -0.05) is 18.2 Å². The minimum Gasteiger partial charge on any atom is -0.396 e. The number of aliphatic imine (C=N–C) groups is 1. The predicted molar refractivity (Wildman–Crippen MR) is 131 cm³/mol. The van der Waals surface area contributed by atoms with Crippen LogP contribution < -0.4 is 22.9 Å². The molecule has 0 aliphatic heterocycles. The van der Waals surface area contributed by atoms with Gasteiger partial charge >= 0.3 is 6.18 Å². The van der Waals surface area contributed by atoms with Crippen LogP contribution in [0.3, 0.4) is 0 Å². The quantitative estimate of drug-likeness (QED) is 0.313. The second-order valence-corrected chi connectivity index (χ2v) is 9.04. The minimum absolute atomic E-state index is 0.114. The number of hydrogen-bond donors (Lipinski definition) is 4. The second kappa shape index (κ2) is 9.61. The zero-order valence-electron chi connectivity index (χ0n) is 19.2. The maximum absolute atomic E-state index is 12.9. The van der Waals surface area contributed by atoms with Crippen molar-refractivity contribution in [3.8, 4) is 0 Å². The first-order valence-corrected chi connectivity index (χ1v) is 11.5. The Morgan fingerprint density at radius 3 is 2.29 bits per heavy atom. The molecule has 0 atom stereocenters. The average Bonchev–Trinajstić information content (AvgIpc) is 3.10. The number of alkyl halides is 3. The van der Waals surface area contributed by atoms with E-state index in [0.717, 1.165) is 37.8 Å². The van der Waals surface area contributed by atoms with Crippen LogP contribution in [0.25, 0.3) is 10.9 Å². The number of nitrogen functional groups attached to an aromatic ring is 1. The van der Waals surface area contributed by atoms with E-state index in [9.17, 15) is 18.0 Å². The number of primary amides is 1. The maximum Gasteiger partial charge on any atom is 0.416 e.